The Labute approximate surface area is 194 Å². The van der Waals surface area contributed by atoms with Gasteiger partial charge in [-0.3, -0.25) is 9.78 Å². The van der Waals surface area contributed by atoms with Crippen LogP contribution in [0.3, 0.4) is 0 Å². The van der Waals surface area contributed by atoms with Crippen molar-refractivity contribution >= 4 is 34.6 Å². The summed E-state index contributed by atoms with van der Waals surface area (Å²) in [7, 11) is 0. The summed E-state index contributed by atoms with van der Waals surface area (Å²) in [4.78, 5) is 18.7. The van der Waals surface area contributed by atoms with Gasteiger partial charge in [-0.1, -0.05) is 13.0 Å². The van der Waals surface area contributed by atoms with Crippen molar-refractivity contribution in [1.29, 1.82) is 0 Å². The third-order valence-electron chi connectivity index (χ3n) is 5.85. The molecule has 0 aliphatic carbocycles. The fourth-order valence-electron chi connectivity index (χ4n) is 4.24. The van der Waals surface area contributed by atoms with Crippen LogP contribution in [0.5, 0.6) is 0 Å². The first-order valence-corrected chi connectivity index (χ1v) is 11.4. The van der Waals surface area contributed by atoms with Crippen molar-refractivity contribution in [2.75, 3.05) is 10.2 Å². The highest BCUT2D eigenvalue weighted by Gasteiger charge is 2.42. The minimum absolute atomic E-state index is 0.00191. The first-order chi connectivity index (χ1) is 15.4. The number of benzene rings is 1. The van der Waals surface area contributed by atoms with E-state index in [0.717, 1.165) is 22.6 Å². The number of hydrogen-bond acceptors (Lipinski definition) is 3. The molecule has 0 spiro atoms. The van der Waals surface area contributed by atoms with Gasteiger partial charge < -0.3 is 20.1 Å². The molecule has 6 nitrogen and oxygen atoms in total. The largest absolute Gasteiger partial charge is 0.351 e. The monoisotopic (exact) mass is 447 g/mol. The lowest BCUT2D eigenvalue weighted by atomic mass is 10.00. The summed E-state index contributed by atoms with van der Waals surface area (Å²) in [6.07, 6.45) is 4.38. The van der Waals surface area contributed by atoms with Crippen LogP contribution < -0.4 is 15.5 Å². The average molecular weight is 448 g/mol. The Morgan fingerprint density at radius 3 is 2.69 bits per heavy atom. The van der Waals surface area contributed by atoms with Gasteiger partial charge in [-0.05, 0) is 81.0 Å². The van der Waals surface area contributed by atoms with E-state index >= 15 is 0 Å². The SMILES string of the molecule is CCC(=O)Nc1ccc(N2C(=S)N[C@H](c3ccccn3)[C@H]2c2cccn2C(C)C)cc1C. The standard InChI is InChI=1S/C25H29N5OS/c1-5-22(31)27-19-12-11-18(15-17(19)4)30-24(21-10-8-14-29(21)16(2)3)23(28-25(30)32)20-9-6-7-13-26-20/h6-16,23-24H,5H2,1-4H3,(H,27,31)(H,28,32)/t23-,24-/m1/s1. The van der Waals surface area contributed by atoms with E-state index in [0.29, 0.717) is 17.6 Å². The highest BCUT2D eigenvalue weighted by Crippen LogP contribution is 2.42. The van der Waals surface area contributed by atoms with Crippen LogP contribution in [-0.2, 0) is 4.79 Å². The van der Waals surface area contributed by atoms with Gasteiger partial charge in [0.15, 0.2) is 5.11 Å². The Morgan fingerprint density at radius 2 is 2.03 bits per heavy atom. The molecule has 1 aromatic carbocycles. The van der Waals surface area contributed by atoms with E-state index in [2.05, 4.69) is 63.3 Å². The van der Waals surface area contributed by atoms with Gasteiger partial charge in [0.25, 0.3) is 0 Å². The van der Waals surface area contributed by atoms with Crippen molar-refractivity contribution in [3.63, 3.8) is 0 Å². The minimum atomic E-state index is -0.0872. The Hall–Kier alpha value is -3.19. The minimum Gasteiger partial charge on any atom is -0.351 e. The summed E-state index contributed by atoms with van der Waals surface area (Å²) in [5.41, 5.74) is 4.91. The summed E-state index contributed by atoms with van der Waals surface area (Å²) in [5.74, 6) is 0.00191. The van der Waals surface area contributed by atoms with E-state index in [-0.39, 0.29) is 18.0 Å². The highest BCUT2D eigenvalue weighted by atomic mass is 32.1. The summed E-state index contributed by atoms with van der Waals surface area (Å²) >= 11 is 5.83. The predicted octanol–water partition coefficient (Wildman–Crippen LogP) is 5.30. The molecule has 2 aromatic heterocycles. The third kappa shape index (κ3) is 4.12. The van der Waals surface area contributed by atoms with Crippen molar-refractivity contribution in [3.8, 4) is 0 Å². The van der Waals surface area contributed by atoms with Crippen LogP contribution in [0, 0.1) is 6.92 Å². The molecule has 166 valence electrons. The number of nitrogens with zero attached hydrogens (tertiary/aromatic N) is 3. The maximum absolute atomic E-state index is 11.9. The van der Waals surface area contributed by atoms with Gasteiger partial charge in [0.05, 0.1) is 11.7 Å². The molecule has 2 atom stereocenters. The van der Waals surface area contributed by atoms with Crippen LogP contribution in [0.4, 0.5) is 11.4 Å². The van der Waals surface area contributed by atoms with Gasteiger partial charge in [0.2, 0.25) is 5.91 Å². The Bertz CT molecular complexity index is 1120. The number of anilines is 2. The molecule has 4 rings (SSSR count). The Balaban J connectivity index is 1.79. The fourth-order valence-corrected chi connectivity index (χ4v) is 4.58. The number of carbonyl (C=O) groups is 1. The van der Waals surface area contributed by atoms with Crippen LogP contribution in [0.1, 0.15) is 62.3 Å². The topological polar surface area (TPSA) is 62.2 Å². The normalized spacial score (nSPS) is 18.2. The lowest BCUT2D eigenvalue weighted by Gasteiger charge is -2.30. The maximum atomic E-state index is 11.9. The second kappa shape index (κ2) is 9.12. The number of hydrogen-bond donors (Lipinski definition) is 2. The summed E-state index contributed by atoms with van der Waals surface area (Å²) < 4.78 is 2.28. The Morgan fingerprint density at radius 1 is 1.22 bits per heavy atom. The lowest BCUT2D eigenvalue weighted by molar-refractivity contribution is -0.115. The third-order valence-corrected chi connectivity index (χ3v) is 6.17. The van der Waals surface area contributed by atoms with Crippen molar-refractivity contribution < 1.29 is 4.79 Å². The van der Waals surface area contributed by atoms with Crippen molar-refractivity contribution in [3.05, 3.63) is 77.9 Å². The van der Waals surface area contributed by atoms with Gasteiger partial charge >= 0.3 is 0 Å². The zero-order chi connectivity index (χ0) is 22.8. The number of aromatic nitrogens is 2. The van der Waals surface area contributed by atoms with E-state index < -0.39 is 0 Å². The molecule has 0 saturated carbocycles. The second-order valence-corrected chi connectivity index (χ2v) is 8.72. The summed E-state index contributed by atoms with van der Waals surface area (Å²) in [5, 5.41) is 7.14. The van der Waals surface area contributed by atoms with Gasteiger partial charge in [0.1, 0.15) is 6.04 Å². The number of carbonyl (C=O) groups excluding carboxylic acids is 1. The van der Waals surface area contributed by atoms with Gasteiger partial charge in [-0.2, -0.15) is 0 Å². The second-order valence-electron chi connectivity index (χ2n) is 8.33. The quantitative estimate of drug-likeness (QED) is 0.502. The van der Waals surface area contributed by atoms with E-state index in [1.165, 1.54) is 5.69 Å². The molecular formula is C25H29N5OS. The van der Waals surface area contributed by atoms with Gasteiger partial charge in [-0.25, -0.2) is 0 Å². The van der Waals surface area contributed by atoms with Gasteiger partial charge in [-0.15, -0.1) is 0 Å². The van der Waals surface area contributed by atoms with Crippen molar-refractivity contribution in [2.24, 2.45) is 0 Å². The van der Waals surface area contributed by atoms with Crippen LogP contribution in [0.15, 0.2) is 60.9 Å². The van der Waals surface area contributed by atoms with E-state index in [4.69, 9.17) is 12.2 Å². The number of aryl methyl sites for hydroxylation is 1. The van der Waals surface area contributed by atoms with E-state index in [9.17, 15) is 4.79 Å². The van der Waals surface area contributed by atoms with Crippen molar-refractivity contribution in [2.45, 2.75) is 52.2 Å². The molecule has 2 N–H and O–H groups in total. The van der Waals surface area contributed by atoms with Crippen LogP contribution in [0.2, 0.25) is 0 Å². The fraction of sp³-hybridized carbons (Fsp3) is 0.320. The zero-order valence-corrected chi connectivity index (χ0v) is 19.7. The molecule has 0 unspecified atom stereocenters. The first-order valence-electron chi connectivity index (χ1n) is 11.0. The number of rotatable bonds is 6. The predicted molar refractivity (Wildman–Crippen MR) is 133 cm³/mol. The molecule has 1 aliphatic heterocycles. The zero-order valence-electron chi connectivity index (χ0n) is 18.9. The van der Waals surface area contributed by atoms with Crippen LogP contribution in [-0.4, -0.2) is 20.6 Å². The smallest absolute Gasteiger partial charge is 0.224 e. The molecule has 1 fully saturated rings. The molecule has 7 heteroatoms. The lowest BCUT2D eigenvalue weighted by Crippen LogP contribution is -2.30. The molecule has 1 amide bonds. The van der Waals surface area contributed by atoms with E-state index in [1.807, 2.05) is 50.4 Å². The number of amides is 1. The number of thiocarbonyl (C=S) groups is 1. The van der Waals surface area contributed by atoms with Crippen molar-refractivity contribution in [1.82, 2.24) is 14.9 Å². The summed E-state index contributed by atoms with van der Waals surface area (Å²) in [6, 6.07) is 16.4. The molecule has 3 aromatic rings. The number of nitrogens with one attached hydrogen (secondary N) is 2. The average Bonchev–Trinajstić information content (AvgIpc) is 3.40. The van der Waals surface area contributed by atoms with Crippen LogP contribution in [0.25, 0.3) is 0 Å². The molecular weight excluding hydrogens is 418 g/mol. The van der Waals surface area contributed by atoms with Crippen LogP contribution >= 0.6 is 12.2 Å². The first kappa shape index (κ1) is 22.0. The molecule has 3 heterocycles. The number of pyridine rings is 1. The molecule has 0 radical (unpaired) electrons. The molecule has 1 saturated heterocycles. The summed E-state index contributed by atoms with van der Waals surface area (Å²) in [6.45, 7) is 8.21. The molecule has 32 heavy (non-hydrogen) atoms. The van der Waals surface area contributed by atoms with Gasteiger partial charge in [0, 0.05) is 41.9 Å². The molecule has 1 aliphatic rings. The molecule has 0 bridgehead atoms. The maximum Gasteiger partial charge on any atom is 0.224 e. The Kier molecular flexibility index (Phi) is 6.28. The highest BCUT2D eigenvalue weighted by molar-refractivity contribution is 7.80. The van der Waals surface area contributed by atoms with E-state index in [1.54, 1.807) is 0 Å².